The van der Waals surface area contributed by atoms with Gasteiger partial charge in [-0.25, -0.2) is 4.68 Å². The van der Waals surface area contributed by atoms with Crippen LogP contribution in [0.5, 0.6) is 0 Å². The molecule has 152 valence electrons. The molecule has 0 atom stereocenters. The Morgan fingerprint density at radius 2 is 2.00 bits per heavy atom. The standard InChI is InChI=1S/C22H26N4O2S/c1-2-3-11-26-20(9-10-23-26)24-21(27)19-16-18(17-7-5-4-6-8-17)22(29-19)25-12-14-28-15-13-25/h4-10,16H,2-3,11-15H2,1H3,(H,24,27). The van der Waals surface area contributed by atoms with Gasteiger partial charge in [-0.3, -0.25) is 4.79 Å². The van der Waals surface area contributed by atoms with E-state index in [0.717, 1.165) is 54.4 Å². The summed E-state index contributed by atoms with van der Waals surface area (Å²) in [4.78, 5) is 16.1. The van der Waals surface area contributed by atoms with Crippen LogP contribution in [0.2, 0.25) is 0 Å². The van der Waals surface area contributed by atoms with Crippen molar-refractivity contribution in [3.8, 4) is 11.1 Å². The van der Waals surface area contributed by atoms with E-state index in [4.69, 9.17) is 4.74 Å². The first kappa shape index (κ1) is 19.7. The molecule has 3 aromatic rings. The van der Waals surface area contributed by atoms with Gasteiger partial charge in [0.2, 0.25) is 0 Å². The Hall–Kier alpha value is -2.64. The number of carbonyl (C=O) groups excluding carboxylic acids is 1. The predicted molar refractivity (Wildman–Crippen MR) is 118 cm³/mol. The van der Waals surface area contributed by atoms with E-state index >= 15 is 0 Å². The molecule has 1 aromatic carbocycles. The van der Waals surface area contributed by atoms with Crippen molar-refractivity contribution in [3.05, 3.63) is 53.5 Å². The Morgan fingerprint density at radius 1 is 1.21 bits per heavy atom. The molecular formula is C22H26N4O2S. The van der Waals surface area contributed by atoms with Crippen molar-refractivity contribution in [1.82, 2.24) is 9.78 Å². The quantitative estimate of drug-likeness (QED) is 0.623. The first-order chi connectivity index (χ1) is 14.3. The van der Waals surface area contributed by atoms with E-state index in [-0.39, 0.29) is 5.91 Å². The lowest BCUT2D eigenvalue weighted by Gasteiger charge is -2.28. The maximum atomic E-state index is 13.0. The van der Waals surface area contributed by atoms with Gasteiger partial charge in [-0.2, -0.15) is 5.10 Å². The van der Waals surface area contributed by atoms with Gasteiger partial charge in [-0.1, -0.05) is 43.7 Å². The molecule has 2 aromatic heterocycles. The van der Waals surface area contributed by atoms with Crippen LogP contribution in [-0.4, -0.2) is 42.0 Å². The summed E-state index contributed by atoms with van der Waals surface area (Å²) in [5, 5.41) is 8.50. The molecule has 1 aliphatic heterocycles. The average molecular weight is 411 g/mol. The Morgan fingerprint density at radius 3 is 2.76 bits per heavy atom. The van der Waals surface area contributed by atoms with Crippen LogP contribution in [-0.2, 0) is 11.3 Å². The molecule has 1 amide bonds. The molecule has 1 saturated heterocycles. The van der Waals surface area contributed by atoms with Gasteiger partial charge in [-0.15, -0.1) is 11.3 Å². The smallest absolute Gasteiger partial charge is 0.266 e. The molecule has 29 heavy (non-hydrogen) atoms. The van der Waals surface area contributed by atoms with Crippen LogP contribution < -0.4 is 10.2 Å². The molecular weight excluding hydrogens is 384 g/mol. The summed E-state index contributed by atoms with van der Waals surface area (Å²) in [7, 11) is 0. The molecule has 0 saturated carbocycles. The first-order valence-corrected chi connectivity index (χ1v) is 10.9. The fourth-order valence-corrected chi connectivity index (χ4v) is 4.55. The van der Waals surface area contributed by atoms with Crippen LogP contribution >= 0.6 is 11.3 Å². The third-order valence-electron chi connectivity index (χ3n) is 5.00. The minimum Gasteiger partial charge on any atom is -0.378 e. The summed E-state index contributed by atoms with van der Waals surface area (Å²) < 4.78 is 7.37. The second-order valence-corrected chi connectivity index (χ2v) is 8.07. The molecule has 3 heterocycles. The second-order valence-electron chi connectivity index (χ2n) is 7.04. The maximum absolute atomic E-state index is 13.0. The fourth-order valence-electron chi connectivity index (χ4n) is 3.42. The minimum atomic E-state index is -0.0926. The lowest BCUT2D eigenvalue weighted by Crippen LogP contribution is -2.35. The number of morpholine rings is 1. The number of nitrogens with zero attached hydrogens (tertiary/aromatic N) is 3. The van der Waals surface area contributed by atoms with Crippen molar-refractivity contribution < 1.29 is 9.53 Å². The maximum Gasteiger partial charge on any atom is 0.266 e. The summed E-state index contributed by atoms with van der Waals surface area (Å²) in [5.41, 5.74) is 2.22. The van der Waals surface area contributed by atoms with Gasteiger partial charge in [0.1, 0.15) is 5.82 Å². The fraction of sp³-hybridized carbons (Fsp3) is 0.364. The molecule has 1 fully saturated rings. The Bertz CT molecular complexity index is 945. The number of anilines is 2. The molecule has 7 heteroatoms. The number of rotatable bonds is 7. The van der Waals surface area contributed by atoms with Gasteiger partial charge < -0.3 is 15.0 Å². The molecule has 0 spiro atoms. The average Bonchev–Trinajstić information content (AvgIpc) is 3.41. The summed E-state index contributed by atoms with van der Waals surface area (Å²) in [6, 6.07) is 14.1. The number of nitrogens with one attached hydrogen (secondary N) is 1. The lowest BCUT2D eigenvalue weighted by molar-refractivity contribution is 0.102. The highest BCUT2D eigenvalue weighted by Crippen LogP contribution is 2.39. The van der Waals surface area contributed by atoms with Crippen LogP contribution in [0.4, 0.5) is 10.8 Å². The van der Waals surface area contributed by atoms with E-state index in [9.17, 15) is 4.79 Å². The summed E-state index contributed by atoms with van der Waals surface area (Å²) >= 11 is 1.54. The minimum absolute atomic E-state index is 0.0926. The predicted octanol–water partition coefficient (Wildman–Crippen LogP) is 4.50. The highest BCUT2D eigenvalue weighted by molar-refractivity contribution is 7.18. The molecule has 0 bridgehead atoms. The highest BCUT2D eigenvalue weighted by atomic mass is 32.1. The monoisotopic (exact) mass is 410 g/mol. The van der Waals surface area contributed by atoms with E-state index in [1.165, 1.54) is 0 Å². The highest BCUT2D eigenvalue weighted by Gasteiger charge is 2.22. The van der Waals surface area contributed by atoms with Crippen molar-refractivity contribution in [1.29, 1.82) is 0 Å². The number of carbonyl (C=O) groups is 1. The Kier molecular flexibility index (Phi) is 6.27. The summed E-state index contributed by atoms with van der Waals surface area (Å²) in [6.45, 7) is 6.05. The lowest BCUT2D eigenvalue weighted by atomic mass is 10.1. The van der Waals surface area contributed by atoms with Gasteiger partial charge in [0.05, 0.1) is 29.3 Å². The number of thiophene rings is 1. The molecule has 1 N–H and O–H groups in total. The third kappa shape index (κ3) is 4.52. The zero-order chi connectivity index (χ0) is 20.1. The van der Waals surface area contributed by atoms with Crippen molar-refractivity contribution in [3.63, 3.8) is 0 Å². The zero-order valence-corrected chi connectivity index (χ0v) is 17.5. The van der Waals surface area contributed by atoms with E-state index in [0.29, 0.717) is 18.1 Å². The number of unbranched alkanes of at least 4 members (excludes halogenated alkanes) is 1. The van der Waals surface area contributed by atoms with E-state index in [1.54, 1.807) is 17.5 Å². The molecule has 0 radical (unpaired) electrons. The van der Waals surface area contributed by atoms with Crippen molar-refractivity contribution >= 4 is 28.1 Å². The van der Waals surface area contributed by atoms with Gasteiger partial charge in [0.15, 0.2) is 0 Å². The van der Waals surface area contributed by atoms with E-state index < -0.39 is 0 Å². The third-order valence-corrected chi connectivity index (χ3v) is 6.20. The number of benzene rings is 1. The SMILES string of the molecule is CCCCn1nccc1NC(=O)c1cc(-c2ccccc2)c(N2CCOCC2)s1. The molecule has 0 unspecified atom stereocenters. The number of aromatic nitrogens is 2. The van der Waals surface area contributed by atoms with Crippen molar-refractivity contribution in [2.75, 3.05) is 36.5 Å². The van der Waals surface area contributed by atoms with Crippen molar-refractivity contribution in [2.24, 2.45) is 0 Å². The number of ether oxygens (including phenoxy) is 1. The van der Waals surface area contributed by atoms with Crippen LogP contribution in [0.3, 0.4) is 0 Å². The molecule has 6 nitrogen and oxygen atoms in total. The normalized spacial score (nSPS) is 14.2. The topological polar surface area (TPSA) is 59.4 Å². The zero-order valence-electron chi connectivity index (χ0n) is 16.6. The van der Waals surface area contributed by atoms with Gasteiger partial charge in [-0.05, 0) is 18.1 Å². The Balaban J connectivity index is 1.61. The number of hydrogen-bond donors (Lipinski definition) is 1. The van der Waals surface area contributed by atoms with Crippen molar-refractivity contribution in [2.45, 2.75) is 26.3 Å². The van der Waals surface area contributed by atoms with E-state index in [2.05, 4.69) is 34.4 Å². The van der Waals surface area contributed by atoms with E-state index in [1.807, 2.05) is 35.0 Å². The van der Waals surface area contributed by atoms with Crippen LogP contribution in [0, 0.1) is 0 Å². The molecule has 0 aliphatic carbocycles. The summed E-state index contributed by atoms with van der Waals surface area (Å²) in [6.07, 6.45) is 3.85. The first-order valence-electron chi connectivity index (χ1n) is 10.1. The van der Waals surface area contributed by atoms with Crippen LogP contribution in [0.1, 0.15) is 29.4 Å². The van der Waals surface area contributed by atoms with Gasteiger partial charge in [0.25, 0.3) is 5.91 Å². The summed E-state index contributed by atoms with van der Waals surface area (Å²) in [5.74, 6) is 0.649. The number of hydrogen-bond acceptors (Lipinski definition) is 5. The van der Waals surface area contributed by atoms with Gasteiger partial charge in [0, 0.05) is 31.3 Å². The number of aryl methyl sites for hydroxylation is 1. The van der Waals surface area contributed by atoms with Gasteiger partial charge >= 0.3 is 0 Å². The molecule has 1 aliphatic rings. The second kappa shape index (κ2) is 9.24. The Labute approximate surface area is 175 Å². The number of amides is 1. The molecule has 4 rings (SSSR count). The largest absolute Gasteiger partial charge is 0.378 e. The van der Waals surface area contributed by atoms with Crippen LogP contribution in [0.15, 0.2) is 48.7 Å². The van der Waals surface area contributed by atoms with Crippen LogP contribution in [0.25, 0.3) is 11.1 Å².